The van der Waals surface area contributed by atoms with Crippen molar-refractivity contribution in [3.63, 3.8) is 0 Å². The van der Waals surface area contributed by atoms with Crippen molar-refractivity contribution in [1.82, 2.24) is 29.3 Å². The van der Waals surface area contributed by atoms with Crippen LogP contribution < -0.4 is 0 Å². The van der Waals surface area contributed by atoms with Gasteiger partial charge in [-0.25, -0.2) is 4.98 Å². The lowest BCUT2D eigenvalue weighted by atomic mass is 10.1. The lowest BCUT2D eigenvalue weighted by molar-refractivity contribution is 0.0722. The molecule has 0 radical (unpaired) electrons. The molecular weight excluding hydrogens is 442 g/mol. The van der Waals surface area contributed by atoms with E-state index in [4.69, 9.17) is 0 Å². The highest BCUT2D eigenvalue weighted by Gasteiger charge is 2.21. The third kappa shape index (κ3) is 4.00. The lowest BCUT2D eigenvalue weighted by Crippen LogP contribution is -2.04. The van der Waals surface area contributed by atoms with E-state index in [9.17, 15) is 8.78 Å². The van der Waals surface area contributed by atoms with Crippen molar-refractivity contribution in [2.75, 3.05) is 0 Å². The Morgan fingerprint density at radius 1 is 0.939 bits per heavy atom. The molecule has 166 valence electrons. The molecular formula is C24H20F2N6S. The summed E-state index contributed by atoms with van der Waals surface area (Å²) in [5.74, 6) is 1.17. The van der Waals surface area contributed by atoms with Gasteiger partial charge >= 0.3 is 6.55 Å². The van der Waals surface area contributed by atoms with Gasteiger partial charge in [0.15, 0.2) is 11.0 Å². The Morgan fingerprint density at radius 2 is 1.73 bits per heavy atom. The van der Waals surface area contributed by atoms with Crippen LogP contribution in [0.2, 0.25) is 0 Å². The smallest absolute Gasteiger partial charge is 0.270 e. The van der Waals surface area contributed by atoms with Crippen LogP contribution in [0.25, 0.3) is 28.1 Å². The third-order valence-electron chi connectivity index (χ3n) is 5.51. The topological polar surface area (TPSA) is 61.4 Å². The number of hydrogen-bond donors (Lipinski definition) is 0. The molecule has 0 spiro atoms. The minimum atomic E-state index is -2.68. The van der Waals surface area contributed by atoms with Crippen LogP contribution in [0, 0.1) is 13.8 Å². The van der Waals surface area contributed by atoms with E-state index in [1.807, 2.05) is 35.8 Å². The van der Waals surface area contributed by atoms with Gasteiger partial charge in [0.1, 0.15) is 5.82 Å². The Bertz CT molecular complexity index is 1430. The molecule has 5 aromatic rings. The molecule has 6 nitrogen and oxygen atoms in total. The zero-order chi connectivity index (χ0) is 22.9. The number of para-hydroxylation sites is 2. The number of alkyl halides is 2. The van der Waals surface area contributed by atoms with E-state index >= 15 is 0 Å². The van der Waals surface area contributed by atoms with Crippen molar-refractivity contribution < 1.29 is 8.78 Å². The second-order valence-electron chi connectivity index (χ2n) is 7.60. The molecule has 9 heteroatoms. The average Bonchev–Trinajstić information content (AvgIpc) is 3.41. The number of imidazole rings is 1. The number of halogens is 2. The number of hydrogen-bond acceptors (Lipinski definition) is 5. The van der Waals surface area contributed by atoms with Crippen molar-refractivity contribution in [3.8, 4) is 17.1 Å². The Hall–Kier alpha value is -3.59. The molecule has 0 saturated heterocycles. The number of thioether (sulfide) groups is 1. The van der Waals surface area contributed by atoms with Crippen LogP contribution in [0.3, 0.4) is 0 Å². The molecule has 0 aliphatic rings. The predicted octanol–water partition coefficient (Wildman–Crippen LogP) is 5.98. The molecule has 0 amide bonds. The van der Waals surface area contributed by atoms with E-state index in [1.54, 1.807) is 36.7 Å². The van der Waals surface area contributed by atoms with Crippen LogP contribution in [-0.4, -0.2) is 29.3 Å². The minimum absolute atomic E-state index is 0.221. The quantitative estimate of drug-likeness (QED) is 0.290. The molecule has 3 heterocycles. The molecule has 33 heavy (non-hydrogen) atoms. The molecule has 0 aliphatic carbocycles. The minimum Gasteiger partial charge on any atom is -0.270 e. The summed E-state index contributed by atoms with van der Waals surface area (Å²) in [7, 11) is 0. The zero-order valence-electron chi connectivity index (χ0n) is 18.0. The van der Waals surface area contributed by atoms with Gasteiger partial charge < -0.3 is 0 Å². The van der Waals surface area contributed by atoms with Gasteiger partial charge in [-0.1, -0.05) is 30.0 Å². The Kier molecular flexibility index (Phi) is 5.63. The normalized spacial score (nSPS) is 11.5. The first kappa shape index (κ1) is 21.3. The van der Waals surface area contributed by atoms with Crippen LogP contribution in [-0.2, 0) is 5.75 Å². The van der Waals surface area contributed by atoms with Crippen molar-refractivity contribution in [2.24, 2.45) is 0 Å². The standard InChI is InChI=1S/C24H20F2N6S/c1-15-7-8-18(13-16(15)2)31-22(17-9-11-27-12-10-17)29-30-24(31)33-14-21-28-19-5-3-4-6-20(19)32(21)23(25)26/h3-13,23H,14H2,1-2H3. The average molecular weight is 463 g/mol. The van der Waals surface area contributed by atoms with Gasteiger partial charge in [0, 0.05) is 18.0 Å². The summed E-state index contributed by atoms with van der Waals surface area (Å²) in [5.41, 5.74) is 5.04. The fourth-order valence-corrected chi connectivity index (χ4v) is 4.57. The Labute approximate surface area is 193 Å². The van der Waals surface area contributed by atoms with E-state index in [0.717, 1.165) is 21.4 Å². The third-order valence-corrected chi connectivity index (χ3v) is 6.44. The van der Waals surface area contributed by atoms with E-state index in [1.165, 1.54) is 17.3 Å². The van der Waals surface area contributed by atoms with Crippen molar-refractivity contribution in [3.05, 3.63) is 83.9 Å². The summed E-state index contributed by atoms with van der Waals surface area (Å²) < 4.78 is 30.6. The molecule has 0 bridgehead atoms. The lowest BCUT2D eigenvalue weighted by Gasteiger charge is -2.12. The number of aromatic nitrogens is 6. The van der Waals surface area contributed by atoms with Crippen LogP contribution in [0.4, 0.5) is 8.78 Å². The number of nitrogens with zero attached hydrogens (tertiary/aromatic N) is 6. The van der Waals surface area contributed by atoms with Crippen molar-refractivity contribution in [1.29, 1.82) is 0 Å². The first-order chi connectivity index (χ1) is 16.0. The van der Waals surface area contributed by atoms with E-state index in [2.05, 4.69) is 33.2 Å². The molecule has 0 saturated carbocycles. The first-order valence-electron chi connectivity index (χ1n) is 10.3. The maximum absolute atomic E-state index is 13.8. The first-order valence-corrected chi connectivity index (χ1v) is 11.3. The van der Waals surface area contributed by atoms with Gasteiger partial charge in [0.05, 0.1) is 22.5 Å². The summed E-state index contributed by atoms with van der Waals surface area (Å²) in [6, 6.07) is 16.8. The van der Waals surface area contributed by atoms with Gasteiger partial charge in [-0.05, 0) is 61.4 Å². The van der Waals surface area contributed by atoms with Gasteiger partial charge in [0.2, 0.25) is 0 Å². The Balaban J connectivity index is 1.57. The second kappa shape index (κ2) is 8.74. The number of aryl methyl sites for hydroxylation is 2. The van der Waals surface area contributed by atoms with E-state index in [0.29, 0.717) is 22.0 Å². The molecule has 2 aromatic carbocycles. The maximum atomic E-state index is 13.8. The summed E-state index contributed by atoms with van der Waals surface area (Å²) in [6.45, 7) is 1.42. The largest absolute Gasteiger partial charge is 0.320 e. The zero-order valence-corrected chi connectivity index (χ0v) is 18.8. The molecule has 3 aromatic heterocycles. The molecule has 0 N–H and O–H groups in total. The van der Waals surface area contributed by atoms with Crippen LogP contribution >= 0.6 is 11.8 Å². The number of benzene rings is 2. The summed E-state index contributed by atoms with van der Waals surface area (Å²) in [6.07, 6.45) is 3.40. The highest BCUT2D eigenvalue weighted by atomic mass is 32.2. The second-order valence-corrected chi connectivity index (χ2v) is 8.54. The van der Waals surface area contributed by atoms with E-state index in [-0.39, 0.29) is 11.6 Å². The van der Waals surface area contributed by atoms with Gasteiger partial charge in [-0.15, -0.1) is 10.2 Å². The van der Waals surface area contributed by atoms with Crippen molar-refractivity contribution in [2.45, 2.75) is 31.3 Å². The summed E-state index contributed by atoms with van der Waals surface area (Å²) >= 11 is 1.32. The molecule has 0 aliphatic heterocycles. The summed E-state index contributed by atoms with van der Waals surface area (Å²) in [4.78, 5) is 8.52. The molecule has 5 rings (SSSR count). The van der Waals surface area contributed by atoms with Gasteiger partial charge in [0.25, 0.3) is 0 Å². The SMILES string of the molecule is Cc1ccc(-n2c(SCc3nc4ccccc4n3C(F)F)nnc2-c2ccncc2)cc1C. The molecule has 0 atom stereocenters. The summed E-state index contributed by atoms with van der Waals surface area (Å²) in [5, 5.41) is 9.41. The van der Waals surface area contributed by atoms with Crippen LogP contribution in [0.15, 0.2) is 72.1 Å². The van der Waals surface area contributed by atoms with E-state index < -0.39 is 6.55 Å². The fraction of sp³-hybridized carbons (Fsp3) is 0.167. The Morgan fingerprint density at radius 3 is 2.48 bits per heavy atom. The predicted molar refractivity (Wildman–Crippen MR) is 125 cm³/mol. The van der Waals surface area contributed by atoms with Crippen molar-refractivity contribution >= 4 is 22.8 Å². The highest BCUT2D eigenvalue weighted by Crippen LogP contribution is 2.32. The maximum Gasteiger partial charge on any atom is 0.320 e. The number of pyridine rings is 1. The number of fused-ring (bicyclic) bond motifs is 1. The molecule has 0 fully saturated rings. The number of rotatable bonds is 6. The van der Waals surface area contributed by atoms with Gasteiger partial charge in [-0.3, -0.25) is 14.1 Å². The van der Waals surface area contributed by atoms with Crippen LogP contribution in [0.5, 0.6) is 0 Å². The van der Waals surface area contributed by atoms with Crippen LogP contribution in [0.1, 0.15) is 23.5 Å². The molecule has 0 unspecified atom stereocenters. The fourth-order valence-electron chi connectivity index (χ4n) is 3.69. The van der Waals surface area contributed by atoms with Gasteiger partial charge in [-0.2, -0.15) is 8.78 Å². The highest BCUT2D eigenvalue weighted by molar-refractivity contribution is 7.98. The monoisotopic (exact) mass is 462 g/mol.